The molecule has 0 aliphatic carbocycles. The number of hydrogen-bond acceptors (Lipinski definition) is 5. The molecule has 1 N–H and O–H groups in total. The van der Waals surface area contributed by atoms with Crippen molar-refractivity contribution in [2.45, 2.75) is 18.9 Å². The first-order valence-electron chi connectivity index (χ1n) is 6.19. The Morgan fingerprint density at radius 3 is 3.05 bits per heavy atom. The van der Waals surface area contributed by atoms with E-state index in [2.05, 4.69) is 21.3 Å². The molecule has 2 rings (SSSR count). The number of nitrogens with one attached hydrogen (secondary N) is 1. The van der Waals surface area contributed by atoms with E-state index in [0.29, 0.717) is 18.4 Å². The first-order valence-corrected chi connectivity index (χ1v) is 6.19. The van der Waals surface area contributed by atoms with Gasteiger partial charge in [-0.2, -0.15) is 5.26 Å². The molecular weight excluding hydrogens is 247 g/mol. The number of carbonyl (C=O) groups is 1. The Morgan fingerprint density at radius 2 is 2.42 bits per heavy atom. The SMILES string of the molecule is N#CCCCN1CC(Nc2cnc(C=O)c(F)c2)C1. The number of pyridine rings is 1. The molecule has 1 fully saturated rings. The van der Waals surface area contributed by atoms with E-state index in [-0.39, 0.29) is 11.7 Å². The number of likely N-dealkylation sites (tertiary alicyclic amines) is 1. The second-order valence-corrected chi connectivity index (χ2v) is 4.57. The number of nitriles is 1. The molecule has 0 unspecified atom stereocenters. The number of rotatable bonds is 6. The van der Waals surface area contributed by atoms with E-state index in [1.165, 1.54) is 12.3 Å². The summed E-state index contributed by atoms with van der Waals surface area (Å²) in [5.41, 5.74) is 0.419. The molecule has 0 spiro atoms. The van der Waals surface area contributed by atoms with Gasteiger partial charge < -0.3 is 5.32 Å². The molecule has 100 valence electrons. The summed E-state index contributed by atoms with van der Waals surface area (Å²) in [6, 6.07) is 3.67. The van der Waals surface area contributed by atoms with Gasteiger partial charge in [0.1, 0.15) is 5.69 Å². The summed E-state index contributed by atoms with van der Waals surface area (Å²) in [5.74, 6) is -0.606. The van der Waals surface area contributed by atoms with Crippen molar-refractivity contribution in [3.05, 3.63) is 23.8 Å². The average molecular weight is 262 g/mol. The van der Waals surface area contributed by atoms with Gasteiger partial charge in [0.2, 0.25) is 0 Å². The van der Waals surface area contributed by atoms with Crippen LogP contribution in [0.15, 0.2) is 12.3 Å². The van der Waals surface area contributed by atoms with Crippen LogP contribution in [0.25, 0.3) is 0 Å². The van der Waals surface area contributed by atoms with Crippen LogP contribution in [-0.4, -0.2) is 41.8 Å². The van der Waals surface area contributed by atoms with Crippen molar-refractivity contribution in [1.82, 2.24) is 9.88 Å². The van der Waals surface area contributed by atoms with Crippen molar-refractivity contribution in [3.8, 4) is 6.07 Å². The van der Waals surface area contributed by atoms with Crippen LogP contribution < -0.4 is 5.32 Å². The van der Waals surface area contributed by atoms with E-state index >= 15 is 0 Å². The van der Waals surface area contributed by atoms with Crippen molar-refractivity contribution in [2.75, 3.05) is 25.0 Å². The third-order valence-corrected chi connectivity index (χ3v) is 3.07. The zero-order chi connectivity index (χ0) is 13.7. The molecule has 1 aliphatic rings. The first kappa shape index (κ1) is 13.4. The predicted molar refractivity (Wildman–Crippen MR) is 68.3 cm³/mol. The zero-order valence-corrected chi connectivity index (χ0v) is 10.5. The summed E-state index contributed by atoms with van der Waals surface area (Å²) in [4.78, 5) is 16.4. The second-order valence-electron chi connectivity index (χ2n) is 4.57. The number of aromatic nitrogens is 1. The van der Waals surface area contributed by atoms with Crippen LogP contribution in [0.2, 0.25) is 0 Å². The van der Waals surface area contributed by atoms with Gasteiger partial charge in [0.15, 0.2) is 12.1 Å². The summed E-state index contributed by atoms with van der Waals surface area (Å²) in [7, 11) is 0. The van der Waals surface area contributed by atoms with E-state index < -0.39 is 5.82 Å². The van der Waals surface area contributed by atoms with Crippen molar-refractivity contribution >= 4 is 12.0 Å². The van der Waals surface area contributed by atoms with Gasteiger partial charge in [-0.15, -0.1) is 0 Å². The molecule has 0 atom stereocenters. The van der Waals surface area contributed by atoms with Crippen LogP contribution in [0.5, 0.6) is 0 Å². The topological polar surface area (TPSA) is 69.0 Å². The van der Waals surface area contributed by atoms with Gasteiger partial charge in [-0.3, -0.25) is 9.69 Å². The molecule has 1 aromatic rings. The number of hydrogen-bond donors (Lipinski definition) is 1. The maximum Gasteiger partial charge on any atom is 0.171 e. The molecule has 1 aliphatic heterocycles. The number of halogens is 1. The van der Waals surface area contributed by atoms with Crippen LogP contribution in [-0.2, 0) is 0 Å². The maximum atomic E-state index is 13.3. The lowest BCUT2D eigenvalue weighted by Gasteiger charge is -2.40. The van der Waals surface area contributed by atoms with E-state index in [9.17, 15) is 9.18 Å². The number of nitrogens with zero attached hydrogens (tertiary/aromatic N) is 3. The average Bonchev–Trinajstić information content (AvgIpc) is 2.36. The van der Waals surface area contributed by atoms with Crippen molar-refractivity contribution in [3.63, 3.8) is 0 Å². The lowest BCUT2D eigenvalue weighted by atomic mass is 10.1. The zero-order valence-electron chi connectivity index (χ0n) is 10.5. The molecule has 2 heterocycles. The summed E-state index contributed by atoms with van der Waals surface area (Å²) in [5, 5.41) is 11.6. The molecule has 0 radical (unpaired) electrons. The highest BCUT2D eigenvalue weighted by Crippen LogP contribution is 2.16. The maximum absolute atomic E-state index is 13.3. The van der Waals surface area contributed by atoms with Gasteiger partial charge in [-0.25, -0.2) is 9.37 Å². The molecule has 5 nitrogen and oxygen atoms in total. The number of carbonyl (C=O) groups excluding carboxylic acids is 1. The first-order chi connectivity index (χ1) is 9.22. The molecule has 1 aromatic heterocycles. The van der Waals surface area contributed by atoms with Crippen LogP contribution in [0.1, 0.15) is 23.3 Å². The normalized spacial score (nSPS) is 15.6. The second kappa shape index (κ2) is 6.25. The fraction of sp³-hybridized carbons (Fsp3) is 0.462. The third-order valence-electron chi connectivity index (χ3n) is 3.07. The van der Waals surface area contributed by atoms with E-state index in [4.69, 9.17) is 5.26 Å². The molecule has 0 amide bonds. The van der Waals surface area contributed by atoms with Gasteiger partial charge >= 0.3 is 0 Å². The van der Waals surface area contributed by atoms with E-state index in [0.717, 1.165) is 26.1 Å². The predicted octanol–water partition coefficient (Wildman–Crippen LogP) is 1.43. The lowest BCUT2D eigenvalue weighted by Crippen LogP contribution is -2.54. The Kier molecular flexibility index (Phi) is 4.42. The van der Waals surface area contributed by atoms with Gasteiger partial charge in [0.25, 0.3) is 0 Å². The van der Waals surface area contributed by atoms with Gasteiger partial charge in [0, 0.05) is 25.6 Å². The van der Waals surface area contributed by atoms with Crippen LogP contribution in [0.3, 0.4) is 0 Å². The largest absolute Gasteiger partial charge is 0.378 e. The Labute approximate surface area is 111 Å². The highest BCUT2D eigenvalue weighted by molar-refractivity contribution is 5.72. The minimum Gasteiger partial charge on any atom is -0.378 e. The standard InChI is InChI=1S/C13H15FN4O/c14-12-5-10(6-16-13(12)9-19)17-11-7-18(8-11)4-2-1-3-15/h5-6,9,11,17H,1-2,4,7-8H2. The van der Waals surface area contributed by atoms with E-state index in [1.807, 2.05) is 0 Å². The van der Waals surface area contributed by atoms with Crippen LogP contribution >= 0.6 is 0 Å². The highest BCUT2D eigenvalue weighted by atomic mass is 19.1. The van der Waals surface area contributed by atoms with Gasteiger partial charge in [-0.05, 0) is 13.0 Å². The molecule has 0 saturated carbocycles. The summed E-state index contributed by atoms with van der Waals surface area (Å²) < 4.78 is 13.3. The fourth-order valence-electron chi connectivity index (χ4n) is 2.08. The minimum atomic E-state index is -0.606. The Hall–Kier alpha value is -2.00. The molecular formula is C13H15FN4O. The van der Waals surface area contributed by atoms with Crippen molar-refractivity contribution < 1.29 is 9.18 Å². The monoisotopic (exact) mass is 262 g/mol. The van der Waals surface area contributed by atoms with Crippen molar-refractivity contribution in [1.29, 1.82) is 5.26 Å². The number of unbranched alkanes of at least 4 members (excludes halogenated alkanes) is 1. The lowest BCUT2D eigenvalue weighted by molar-refractivity contribution is 0.111. The Bertz CT molecular complexity index is 494. The van der Waals surface area contributed by atoms with Gasteiger partial charge in [0.05, 0.1) is 24.0 Å². The summed E-state index contributed by atoms with van der Waals surface area (Å²) >= 11 is 0. The van der Waals surface area contributed by atoms with E-state index in [1.54, 1.807) is 0 Å². The minimum absolute atomic E-state index is 0.169. The fourth-order valence-corrected chi connectivity index (χ4v) is 2.08. The number of aldehydes is 1. The Morgan fingerprint density at radius 1 is 1.63 bits per heavy atom. The van der Waals surface area contributed by atoms with Crippen LogP contribution in [0, 0.1) is 17.1 Å². The van der Waals surface area contributed by atoms with Crippen LogP contribution in [0.4, 0.5) is 10.1 Å². The quantitative estimate of drug-likeness (QED) is 0.620. The summed E-state index contributed by atoms with van der Waals surface area (Å²) in [6.07, 6.45) is 3.33. The highest BCUT2D eigenvalue weighted by Gasteiger charge is 2.25. The smallest absolute Gasteiger partial charge is 0.171 e. The third kappa shape index (κ3) is 3.48. The Balaban J connectivity index is 1.77. The molecule has 1 saturated heterocycles. The molecule has 0 bridgehead atoms. The molecule has 19 heavy (non-hydrogen) atoms. The molecule has 6 heteroatoms. The molecule has 0 aromatic carbocycles. The summed E-state index contributed by atoms with van der Waals surface area (Å²) in [6.45, 7) is 2.67. The van der Waals surface area contributed by atoms with Crippen molar-refractivity contribution in [2.24, 2.45) is 0 Å². The van der Waals surface area contributed by atoms with Gasteiger partial charge in [-0.1, -0.05) is 0 Å². The number of anilines is 1.